The van der Waals surface area contributed by atoms with E-state index in [0.717, 1.165) is 25.7 Å². The number of carbonyl (C=O) groups is 1. The van der Waals surface area contributed by atoms with Crippen molar-refractivity contribution in [3.8, 4) is 17.2 Å². The predicted molar refractivity (Wildman–Crippen MR) is 111 cm³/mol. The maximum Gasteiger partial charge on any atom is 0.323 e. The molecule has 9 nitrogen and oxygen atoms in total. The van der Waals surface area contributed by atoms with E-state index in [2.05, 4.69) is 19.2 Å². The van der Waals surface area contributed by atoms with Crippen molar-refractivity contribution in [1.29, 1.82) is 0 Å². The second-order valence-electron chi connectivity index (χ2n) is 7.76. The number of hydrogen-bond acceptors (Lipinski definition) is 8. The Kier molecular flexibility index (Phi) is 9.16. The van der Waals surface area contributed by atoms with Gasteiger partial charge in [-0.2, -0.15) is 0 Å². The largest absolute Gasteiger partial charge is 0.492 e. The zero-order chi connectivity index (χ0) is 22.1. The minimum Gasteiger partial charge on any atom is -0.492 e. The Bertz CT molecular complexity index is 692. The lowest BCUT2D eigenvalue weighted by Gasteiger charge is -2.22. The summed E-state index contributed by atoms with van der Waals surface area (Å²) in [7, 11) is 2.81. The summed E-state index contributed by atoms with van der Waals surface area (Å²) >= 11 is 0. The van der Waals surface area contributed by atoms with Crippen LogP contribution < -0.4 is 19.5 Å². The molecular weight excluding hydrogens is 392 g/mol. The van der Waals surface area contributed by atoms with Gasteiger partial charge in [0, 0.05) is 6.54 Å². The van der Waals surface area contributed by atoms with Gasteiger partial charge < -0.3 is 24.3 Å². The fourth-order valence-electron chi connectivity index (χ4n) is 3.49. The quantitative estimate of drug-likeness (QED) is 0.235. The van der Waals surface area contributed by atoms with Crippen molar-refractivity contribution in [1.82, 2.24) is 5.32 Å². The Morgan fingerprint density at radius 3 is 2.30 bits per heavy atom. The molecule has 2 rings (SSSR count). The van der Waals surface area contributed by atoms with E-state index in [1.165, 1.54) is 26.4 Å². The highest BCUT2D eigenvalue weighted by Crippen LogP contribution is 2.40. The van der Waals surface area contributed by atoms with Crippen LogP contribution in [0, 0.1) is 16.0 Å². The summed E-state index contributed by atoms with van der Waals surface area (Å²) in [5.74, 6) is 0.803. The van der Waals surface area contributed by atoms with Crippen molar-refractivity contribution in [3.63, 3.8) is 0 Å². The van der Waals surface area contributed by atoms with Gasteiger partial charge >= 0.3 is 5.97 Å². The third kappa shape index (κ3) is 6.76. The summed E-state index contributed by atoms with van der Waals surface area (Å²) in [5.41, 5.74) is -0.152. The van der Waals surface area contributed by atoms with Gasteiger partial charge in [-0.1, -0.05) is 13.8 Å². The van der Waals surface area contributed by atoms with Gasteiger partial charge in [0.2, 0.25) is 5.75 Å². The number of methoxy groups -OCH3 is 2. The molecule has 0 aliphatic heterocycles. The van der Waals surface area contributed by atoms with E-state index in [4.69, 9.17) is 18.9 Å². The van der Waals surface area contributed by atoms with Gasteiger partial charge in [0.05, 0.1) is 31.3 Å². The van der Waals surface area contributed by atoms with Gasteiger partial charge in [-0.25, -0.2) is 0 Å². The van der Waals surface area contributed by atoms with E-state index < -0.39 is 11.0 Å². The molecule has 1 saturated carbocycles. The highest BCUT2D eigenvalue weighted by molar-refractivity contribution is 5.76. The summed E-state index contributed by atoms with van der Waals surface area (Å²) < 4.78 is 21.9. The highest BCUT2D eigenvalue weighted by Gasteiger charge is 2.26. The minimum atomic E-state index is -0.525. The van der Waals surface area contributed by atoms with Crippen LogP contribution in [0.5, 0.6) is 17.2 Å². The van der Waals surface area contributed by atoms with Crippen molar-refractivity contribution in [3.05, 3.63) is 22.2 Å². The van der Waals surface area contributed by atoms with Crippen LogP contribution in [-0.2, 0) is 9.53 Å². The Morgan fingerprint density at radius 1 is 1.20 bits per heavy atom. The SMILES string of the molecule is COc1cc([N+](=O)[O-])cc(OC)c1OCCN[C@H](CC(C)C)C(=O)OC1CCCC1. The third-order valence-electron chi connectivity index (χ3n) is 4.97. The molecule has 1 fully saturated rings. The molecule has 30 heavy (non-hydrogen) atoms. The number of rotatable bonds is 12. The number of non-ortho nitro benzene ring substituents is 1. The highest BCUT2D eigenvalue weighted by atomic mass is 16.6. The Morgan fingerprint density at radius 2 is 1.80 bits per heavy atom. The first-order valence-electron chi connectivity index (χ1n) is 10.3. The first-order chi connectivity index (χ1) is 14.3. The number of ether oxygens (including phenoxy) is 4. The number of nitrogens with zero attached hydrogens (tertiary/aromatic N) is 1. The average Bonchev–Trinajstić information content (AvgIpc) is 3.22. The first kappa shape index (κ1) is 23.7. The van der Waals surface area contributed by atoms with Crippen LogP contribution >= 0.6 is 0 Å². The number of carbonyl (C=O) groups excluding carboxylic acids is 1. The molecule has 0 unspecified atom stereocenters. The molecule has 168 valence electrons. The van der Waals surface area contributed by atoms with E-state index in [-0.39, 0.29) is 41.6 Å². The zero-order valence-corrected chi connectivity index (χ0v) is 18.1. The van der Waals surface area contributed by atoms with Crippen LogP contribution in [0.1, 0.15) is 46.0 Å². The second-order valence-corrected chi connectivity index (χ2v) is 7.76. The van der Waals surface area contributed by atoms with Gasteiger partial charge in [-0.3, -0.25) is 14.9 Å². The van der Waals surface area contributed by atoms with Crippen molar-refractivity contribution in [2.75, 3.05) is 27.4 Å². The molecule has 0 radical (unpaired) electrons. The molecule has 1 aliphatic carbocycles. The lowest BCUT2D eigenvalue weighted by atomic mass is 10.0. The van der Waals surface area contributed by atoms with Gasteiger partial charge in [0.25, 0.3) is 5.69 Å². The number of esters is 1. The second kappa shape index (κ2) is 11.6. The molecule has 1 N–H and O–H groups in total. The molecule has 1 atom stereocenters. The van der Waals surface area contributed by atoms with Crippen LogP contribution in [0.2, 0.25) is 0 Å². The molecule has 1 aromatic rings. The van der Waals surface area contributed by atoms with Gasteiger partial charge in [-0.05, 0) is 38.0 Å². The summed E-state index contributed by atoms with van der Waals surface area (Å²) in [6.45, 7) is 4.72. The monoisotopic (exact) mass is 424 g/mol. The Hall–Kier alpha value is -2.55. The third-order valence-corrected chi connectivity index (χ3v) is 4.97. The number of nitro groups is 1. The maximum atomic E-state index is 12.6. The van der Waals surface area contributed by atoms with Gasteiger partial charge in [-0.15, -0.1) is 0 Å². The van der Waals surface area contributed by atoms with Gasteiger partial charge in [0.15, 0.2) is 11.5 Å². The minimum absolute atomic E-state index is 0.0267. The lowest BCUT2D eigenvalue weighted by molar-refractivity contribution is -0.385. The van der Waals surface area contributed by atoms with Crippen molar-refractivity contribution in [2.45, 2.75) is 58.1 Å². The number of hydrogen-bond donors (Lipinski definition) is 1. The van der Waals surface area contributed by atoms with E-state index >= 15 is 0 Å². The van der Waals surface area contributed by atoms with Crippen LogP contribution in [0.3, 0.4) is 0 Å². The van der Waals surface area contributed by atoms with Crippen molar-refractivity contribution in [2.24, 2.45) is 5.92 Å². The fourth-order valence-corrected chi connectivity index (χ4v) is 3.49. The van der Waals surface area contributed by atoms with Crippen LogP contribution in [0.4, 0.5) is 5.69 Å². The van der Waals surface area contributed by atoms with E-state index in [1.807, 2.05) is 0 Å². The van der Waals surface area contributed by atoms with E-state index in [9.17, 15) is 14.9 Å². The normalized spacial score (nSPS) is 15.1. The molecule has 0 saturated heterocycles. The number of nitro benzene ring substituents is 1. The van der Waals surface area contributed by atoms with Crippen molar-refractivity contribution < 1.29 is 28.7 Å². The van der Waals surface area contributed by atoms with E-state index in [1.54, 1.807) is 0 Å². The van der Waals surface area contributed by atoms with Crippen LogP contribution in [0.15, 0.2) is 12.1 Å². The first-order valence-corrected chi connectivity index (χ1v) is 10.3. The lowest BCUT2D eigenvalue weighted by Crippen LogP contribution is -2.42. The van der Waals surface area contributed by atoms with Gasteiger partial charge in [0.1, 0.15) is 18.8 Å². The Labute approximate surface area is 177 Å². The average molecular weight is 424 g/mol. The van der Waals surface area contributed by atoms with E-state index in [0.29, 0.717) is 18.9 Å². The zero-order valence-electron chi connectivity index (χ0n) is 18.1. The standard InChI is InChI=1S/C21H32N2O7/c1-14(2)11-17(21(24)30-16-7-5-6-8-16)22-9-10-29-20-18(27-3)12-15(23(25)26)13-19(20)28-4/h12-14,16-17,22H,5-11H2,1-4H3/t17-/m1/s1. The summed E-state index contributed by atoms with van der Waals surface area (Å²) in [6, 6.07) is 2.16. The molecule has 0 aromatic heterocycles. The summed E-state index contributed by atoms with van der Waals surface area (Å²) in [5, 5.41) is 14.3. The number of benzene rings is 1. The summed E-state index contributed by atoms with van der Waals surface area (Å²) in [4.78, 5) is 23.1. The molecule has 1 aliphatic rings. The predicted octanol–water partition coefficient (Wildman–Crippen LogP) is 3.48. The Balaban J connectivity index is 1.96. The topological polar surface area (TPSA) is 109 Å². The molecule has 9 heteroatoms. The maximum absolute atomic E-state index is 12.6. The van der Waals surface area contributed by atoms with Crippen LogP contribution in [0.25, 0.3) is 0 Å². The smallest absolute Gasteiger partial charge is 0.323 e. The summed E-state index contributed by atoms with van der Waals surface area (Å²) in [6.07, 6.45) is 4.76. The number of nitrogens with one attached hydrogen (secondary N) is 1. The molecule has 1 aromatic carbocycles. The molecular formula is C21H32N2O7. The molecule has 0 spiro atoms. The molecule has 0 amide bonds. The molecule has 0 bridgehead atoms. The molecule has 0 heterocycles. The van der Waals surface area contributed by atoms with Crippen LogP contribution in [-0.4, -0.2) is 50.4 Å². The van der Waals surface area contributed by atoms with Crippen molar-refractivity contribution >= 4 is 11.7 Å². The fraction of sp³-hybridized carbons (Fsp3) is 0.667.